The van der Waals surface area contributed by atoms with E-state index in [4.69, 9.17) is 4.74 Å². The Morgan fingerprint density at radius 1 is 0.973 bits per heavy atom. The molecule has 4 rings (SSSR count). The van der Waals surface area contributed by atoms with E-state index in [1.54, 1.807) is 0 Å². The van der Waals surface area contributed by atoms with Gasteiger partial charge in [-0.1, -0.05) is 18.3 Å². The van der Waals surface area contributed by atoms with E-state index in [-0.39, 0.29) is 45.8 Å². The van der Waals surface area contributed by atoms with Gasteiger partial charge in [-0.05, 0) is 68.8 Å². The van der Waals surface area contributed by atoms with Gasteiger partial charge in [-0.3, -0.25) is 9.52 Å². The van der Waals surface area contributed by atoms with Crippen LogP contribution in [0.2, 0.25) is 0 Å². The predicted octanol–water partition coefficient (Wildman–Crippen LogP) is 2.95. The summed E-state index contributed by atoms with van der Waals surface area (Å²) >= 11 is 1.16. The summed E-state index contributed by atoms with van der Waals surface area (Å²) in [6, 6.07) is 11.3. The van der Waals surface area contributed by atoms with Crippen LogP contribution < -0.4 is 10.0 Å². The van der Waals surface area contributed by atoms with Gasteiger partial charge >= 0.3 is 0 Å². The fourth-order valence-electron chi connectivity index (χ4n) is 3.79. The number of aromatic nitrogens is 2. The number of carbonyl (C=O) groups is 1. The smallest absolute Gasteiger partial charge is 0.263 e. The van der Waals surface area contributed by atoms with E-state index in [9.17, 15) is 21.6 Å². The number of hydrogen-bond acceptors (Lipinski definition) is 9. The Labute approximate surface area is 220 Å². The molecule has 0 spiro atoms. The van der Waals surface area contributed by atoms with Crippen molar-refractivity contribution in [3.05, 3.63) is 59.1 Å². The molecule has 11 nitrogen and oxygen atoms in total. The molecule has 1 aliphatic rings. The summed E-state index contributed by atoms with van der Waals surface area (Å²) in [4.78, 5) is 12.8. The number of ether oxygens (including phenoxy) is 1. The Kier molecular flexibility index (Phi) is 7.94. The van der Waals surface area contributed by atoms with Gasteiger partial charge in [0, 0.05) is 24.3 Å². The molecule has 2 unspecified atom stereocenters. The van der Waals surface area contributed by atoms with Crippen molar-refractivity contribution in [3.8, 4) is 0 Å². The lowest BCUT2D eigenvalue weighted by Crippen LogP contribution is -2.48. The fourth-order valence-corrected chi connectivity index (χ4v) is 7.29. The zero-order chi connectivity index (χ0) is 26.8. The molecule has 2 aromatic carbocycles. The summed E-state index contributed by atoms with van der Waals surface area (Å²) in [6.45, 7) is 6.07. The summed E-state index contributed by atoms with van der Waals surface area (Å²) in [5.74, 6) is -0.466. The highest BCUT2D eigenvalue weighted by molar-refractivity contribution is 7.93. The van der Waals surface area contributed by atoms with E-state index in [0.717, 1.165) is 11.3 Å². The van der Waals surface area contributed by atoms with Crippen LogP contribution in [0.5, 0.6) is 0 Å². The van der Waals surface area contributed by atoms with Crippen molar-refractivity contribution >= 4 is 48.1 Å². The average Bonchev–Trinajstić information content (AvgIpc) is 3.30. The molecule has 2 atom stereocenters. The van der Waals surface area contributed by atoms with Crippen LogP contribution in [0.25, 0.3) is 0 Å². The van der Waals surface area contributed by atoms with Crippen molar-refractivity contribution in [2.24, 2.45) is 0 Å². The Balaban J connectivity index is 1.41. The lowest BCUT2D eigenvalue weighted by molar-refractivity contribution is -0.0440. The van der Waals surface area contributed by atoms with Crippen molar-refractivity contribution in [3.63, 3.8) is 0 Å². The predicted molar refractivity (Wildman–Crippen MR) is 140 cm³/mol. The summed E-state index contributed by atoms with van der Waals surface area (Å²) in [5.41, 5.74) is 0.630. The number of morpholine rings is 1. The molecule has 2 N–H and O–H groups in total. The number of anilines is 2. The van der Waals surface area contributed by atoms with Crippen LogP contribution in [0.15, 0.2) is 58.3 Å². The van der Waals surface area contributed by atoms with Crippen LogP contribution in [-0.4, -0.2) is 62.5 Å². The lowest BCUT2D eigenvalue weighted by Gasteiger charge is -2.34. The minimum atomic E-state index is -3.86. The first-order valence-corrected chi connectivity index (χ1v) is 15.2. The Morgan fingerprint density at radius 2 is 1.57 bits per heavy atom. The second-order valence-corrected chi connectivity index (χ2v) is 13.2. The number of nitrogens with one attached hydrogen (secondary N) is 2. The number of carbonyl (C=O) groups excluding carboxylic acids is 1. The number of sulfonamides is 2. The third-order valence-corrected chi connectivity index (χ3v) is 9.87. The van der Waals surface area contributed by atoms with Crippen molar-refractivity contribution in [2.45, 2.75) is 49.2 Å². The SMILES string of the molecule is CCc1nnc(NS(=O)(=O)c2ccc(NC(=O)c3ccc(S(=O)(=O)N4CC(C)OC(C)C4)cc3)cc2)s1. The molecule has 1 amide bonds. The number of benzene rings is 2. The van der Waals surface area contributed by atoms with Crippen molar-refractivity contribution < 1.29 is 26.4 Å². The molecule has 1 saturated heterocycles. The fraction of sp³-hybridized carbons (Fsp3) is 0.348. The zero-order valence-corrected chi connectivity index (χ0v) is 22.9. The maximum absolute atomic E-state index is 13.0. The molecule has 0 bridgehead atoms. The molecule has 0 radical (unpaired) electrons. The summed E-state index contributed by atoms with van der Waals surface area (Å²) in [5, 5.41) is 11.3. The first kappa shape index (κ1) is 27.1. The van der Waals surface area contributed by atoms with E-state index in [1.165, 1.54) is 52.8 Å². The van der Waals surface area contributed by atoms with Gasteiger partial charge in [0.25, 0.3) is 15.9 Å². The monoisotopic (exact) mass is 565 g/mol. The molecule has 14 heteroatoms. The number of amides is 1. The normalized spacial score (nSPS) is 18.9. The van der Waals surface area contributed by atoms with E-state index < -0.39 is 26.0 Å². The molecule has 198 valence electrons. The van der Waals surface area contributed by atoms with Gasteiger partial charge < -0.3 is 10.1 Å². The maximum atomic E-state index is 13.0. The van der Waals surface area contributed by atoms with Crippen molar-refractivity contribution in [2.75, 3.05) is 23.1 Å². The van der Waals surface area contributed by atoms with E-state index in [1.807, 2.05) is 20.8 Å². The van der Waals surface area contributed by atoms with Crippen molar-refractivity contribution in [1.82, 2.24) is 14.5 Å². The number of nitrogens with zero attached hydrogens (tertiary/aromatic N) is 3. The number of aryl methyl sites for hydroxylation is 1. The summed E-state index contributed by atoms with van der Waals surface area (Å²) in [7, 11) is -7.58. The molecule has 2 heterocycles. The largest absolute Gasteiger partial charge is 0.373 e. The van der Waals surface area contributed by atoms with Gasteiger partial charge in [0.1, 0.15) is 5.01 Å². The first-order chi connectivity index (χ1) is 17.5. The zero-order valence-electron chi connectivity index (χ0n) is 20.4. The van der Waals surface area contributed by atoms with Crippen LogP contribution >= 0.6 is 11.3 Å². The molecule has 1 aliphatic heterocycles. The molecule has 0 saturated carbocycles. The van der Waals surface area contributed by atoms with E-state index >= 15 is 0 Å². The Hall–Kier alpha value is -2.91. The second-order valence-electron chi connectivity index (χ2n) is 8.54. The second kappa shape index (κ2) is 10.8. The quantitative estimate of drug-likeness (QED) is 0.424. The third-order valence-electron chi connectivity index (χ3n) is 5.55. The minimum absolute atomic E-state index is 0.0000522. The average molecular weight is 566 g/mol. The molecule has 1 fully saturated rings. The van der Waals surface area contributed by atoms with E-state index in [0.29, 0.717) is 17.1 Å². The number of rotatable bonds is 8. The highest BCUT2D eigenvalue weighted by atomic mass is 32.2. The summed E-state index contributed by atoms with van der Waals surface area (Å²) in [6.07, 6.45) is 0.233. The number of hydrogen-bond donors (Lipinski definition) is 2. The van der Waals surface area contributed by atoms with Gasteiger partial charge in [0.15, 0.2) is 0 Å². The standard InChI is InChI=1S/C23H27N5O6S3/c1-4-21-25-26-23(35-21)27-36(30,31)19-11-7-18(8-12-19)24-22(29)17-5-9-20(10-6-17)37(32,33)28-13-15(2)34-16(3)14-28/h5-12,15-16H,4,13-14H2,1-3H3,(H,24,29)(H,26,27). The van der Waals surface area contributed by atoms with Gasteiger partial charge in [0.2, 0.25) is 15.2 Å². The Bertz CT molecular complexity index is 1460. The van der Waals surface area contributed by atoms with Crippen molar-refractivity contribution in [1.29, 1.82) is 0 Å². The Morgan fingerprint density at radius 3 is 2.14 bits per heavy atom. The van der Waals surface area contributed by atoms with Gasteiger partial charge in [-0.2, -0.15) is 4.31 Å². The highest BCUT2D eigenvalue weighted by Crippen LogP contribution is 2.23. The third kappa shape index (κ3) is 6.33. The molecule has 3 aromatic rings. The van der Waals surface area contributed by atoms with Gasteiger partial charge in [0.05, 0.1) is 22.0 Å². The topological polar surface area (TPSA) is 148 Å². The van der Waals surface area contributed by atoms with Crippen LogP contribution in [0.3, 0.4) is 0 Å². The van der Waals surface area contributed by atoms with Crippen LogP contribution in [0, 0.1) is 0 Å². The van der Waals surface area contributed by atoms with Gasteiger partial charge in [-0.25, -0.2) is 16.8 Å². The molecular formula is C23H27N5O6S3. The molecule has 0 aliphatic carbocycles. The molecule has 1 aromatic heterocycles. The van der Waals surface area contributed by atoms with E-state index in [2.05, 4.69) is 20.2 Å². The minimum Gasteiger partial charge on any atom is -0.373 e. The van der Waals surface area contributed by atoms with Gasteiger partial charge in [-0.15, -0.1) is 10.2 Å². The molecular weight excluding hydrogens is 538 g/mol. The highest BCUT2D eigenvalue weighted by Gasteiger charge is 2.32. The van der Waals surface area contributed by atoms with Crippen LogP contribution in [0.4, 0.5) is 10.8 Å². The lowest BCUT2D eigenvalue weighted by atomic mass is 10.2. The molecule has 37 heavy (non-hydrogen) atoms. The van der Waals surface area contributed by atoms with Crippen LogP contribution in [0.1, 0.15) is 36.1 Å². The summed E-state index contributed by atoms with van der Waals surface area (Å²) < 4.78 is 60.6. The maximum Gasteiger partial charge on any atom is 0.263 e. The first-order valence-electron chi connectivity index (χ1n) is 11.5. The van der Waals surface area contributed by atoms with Crippen LogP contribution in [-0.2, 0) is 31.2 Å².